The second-order valence-electron chi connectivity index (χ2n) is 8.83. The molecule has 36 heavy (non-hydrogen) atoms. The van der Waals surface area contributed by atoms with Gasteiger partial charge in [-0.05, 0) is 56.4 Å². The SMILES string of the molecule is CCc1nc(Cl)c2cc(N3C(=S)N(c4ccc(C#N)c(C(F)(F)CC)c4)C(=O)C3(C)C)cc(F)c2n1. The molecule has 2 heterocycles. The number of carbonyl (C=O) groups excluding carboxylic acids is 1. The average Bonchev–Trinajstić information content (AvgIpc) is 3.02. The van der Waals surface area contributed by atoms with Gasteiger partial charge in [0.25, 0.3) is 11.8 Å². The molecule has 6 nitrogen and oxygen atoms in total. The Balaban J connectivity index is 1.86. The smallest absolute Gasteiger partial charge is 0.274 e. The van der Waals surface area contributed by atoms with E-state index in [-0.39, 0.29) is 38.1 Å². The number of anilines is 2. The van der Waals surface area contributed by atoms with Crippen molar-refractivity contribution in [3.8, 4) is 6.07 Å². The van der Waals surface area contributed by atoms with Crippen LogP contribution in [-0.2, 0) is 17.1 Å². The highest BCUT2D eigenvalue weighted by atomic mass is 35.5. The Morgan fingerprint density at radius 1 is 1.17 bits per heavy atom. The van der Waals surface area contributed by atoms with Crippen LogP contribution in [0.2, 0.25) is 5.15 Å². The van der Waals surface area contributed by atoms with Crippen LogP contribution in [0.5, 0.6) is 0 Å². The van der Waals surface area contributed by atoms with Crippen LogP contribution in [0.15, 0.2) is 30.3 Å². The number of benzene rings is 2. The first-order valence-corrected chi connectivity index (χ1v) is 11.9. The van der Waals surface area contributed by atoms with Gasteiger partial charge in [-0.1, -0.05) is 25.4 Å². The molecule has 1 aliphatic heterocycles. The number of hydrogen-bond acceptors (Lipinski definition) is 5. The van der Waals surface area contributed by atoms with Gasteiger partial charge in [-0.25, -0.2) is 23.1 Å². The summed E-state index contributed by atoms with van der Waals surface area (Å²) in [6, 6.07) is 8.23. The number of carbonyl (C=O) groups is 1. The van der Waals surface area contributed by atoms with Crippen molar-refractivity contribution in [1.82, 2.24) is 9.97 Å². The number of hydrogen-bond donors (Lipinski definition) is 0. The zero-order chi connectivity index (χ0) is 26.6. The number of halogens is 4. The van der Waals surface area contributed by atoms with Crippen molar-refractivity contribution in [2.24, 2.45) is 0 Å². The van der Waals surface area contributed by atoms with Crippen molar-refractivity contribution >= 4 is 57.1 Å². The van der Waals surface area contributed by atoms with Gasteiger partial charge in [-0.2, -0.15) is 5.26 Å². The van der Waals surface area contributed by atoms with E-state index in [4.69, 9.17) is 23.8 Å². The lowest BCUT2D eigenvalue weighted by molar-refractivity contribution is -0.120. The molecule has 0 unspecified atom stereocenters. The number of nitrogens with zero attached hydrogens (tertiary/aromatic N) is 5. The van der Waals surface area contributed by atoms with Crippen LogP contribution in [0.1, 0.15) is 51.1 Å². The molecule has 1 saturated heterocycles. The van der Waals surface area contributed by atoms with Gasteiger partial charge in [0.15, 0.2) is 10.9 Å². The van der Waals surface area contributed by atoms with Crippen LogP contribution in [0.3, 0.4) is 0 Å². The molecular formula is C25H21ClF3N5OS. The minimum atomic E-state index is -3.28. The van der Waals surface area contributed by atoms with Crippen LogP contribution in [0.25, 0.3) is 10.9 Å². The minimum absolute atomic E-state index is 0.0403. The van der Waals surface area contributed by atoms with Crippen LogP contribution in [0.4, 0.5) is 24.5 Å². The average molecular weight is 532 g/mol. The Labute approximate surface area is 216 Å². The highest BCUT2D eigenvalue weighted by molar-refractivity contribution is 7.81. The van der Waals surface area contributed by atoms with Crippen LogP contribution in [0, 0.1) is 17.1 Å². The standard InChI is InChI=1S/C25H21ClF3N5OS/c1-5-19-31-20-16(21(26)32-19)9-15(11-18(20)27)34-23(36)33(22(35)24(34,3)4)14-8-7-13(12-30)17(10-14)25(28,29)6-2/h7-11H,5-6H2,1-4H3. The van der Waals surface area contributed by atoms with Gasteiger partial charge in [-0.15, -0.1) is 0 Å². The van der Waals surface area contributed by atoms with E-state index in [2.05, 4.69) is 9.97 Å². The second-order valence-corrected chi connectivity index (χ2v) is 9.55. The topological polar surface area (TPSA) is 73.1 Å². The second kappa shape index (κ2) is 8.98. The molecule has 0 spiro atoms. The molecule has 0 aliphatic carbocycles. The van der Waals surface area contributed by atoms with E-state index >= 15 is 4.39 Å². The molecular weight excluding hydrogens is 511 g/mol. The van der Waals surface area contributed by atoms with Gasteiger partial charge in [0, 0.05) is 29.5 Å². The Morgan fingerprint density at radius 2 is 1.86 bits per heavy atom. The summed E-state index contributed by atoms with van der Waals surface area (Å²) in [5.74, 6) is -4.07. The summed E-state index contributed by atoms with van der Waals surface area (Å²) in [7, 11) is 0. The van der Waals surface area contributed by atoms with Crippen LogP contribution >= 0.6 is 23.8 Å². The number of thiocarbonyl (C=S) groups is 1. The molecule has 3 aromatic rings. The molecule has 1 amide bonds. The minimum Gasteiger partial charge on any atom is -0.303 e. The molecule has 4 rings (SSSR count). The molecule has 0 saturated carbocycles. The zero-order valence-corrected chi connectivity index (χ0v) is 21.4. The zero-order valence-electron chi connectivity index (χ0n) is 19.9. The fourth-order valence-corrected chi connectivity index (χ4v) is 4.95. The molecule has 1 fully saturated rings. The Kier molecular flexibility index (Phi) is 6.43. The molecule has 11 heteroatoms. The first kappa shape index (κ1) is 25.8. The van der Waals surface area contributed by atoms with E-state index < -0.39 is 35.2 Å². The van der Waals surface area contributed by atoms with Gasteiger partial charge < -0.3 is 4.90 Å². The molecule has 0 radical (unpaired) electrons. The third-order valence-electron chi connectivity index (χ3n) is 6.20. The predicted molar refractivity (Wildman–Crippen MR) is 136 cm³/mol. The summed E-state index contributed by atoms with van der Waals surface area (Å²) < 4.78 is 44.4. The number of rotatable bonds is 5. The fourth-order valence-electron chi connectivity index (χ4n) is 4.19. The van der Waals surface area contributed by atoms with Crippen molar-refractivity contribution < 1.29 is 18.0 Å². The van der Waals surface area contributed by atoms with E-state index in [1.807, 2.05) is 6.92 Å². The van der Waals surface area contributed by atoms with Gasteiger partial charge in [0.1, 0.15) is 22.0 Å². The maximum atomic E-state index is 15.2. The normalized spacial score (nSPS) is 15.6. The summed E-state index contributed by atoms with van der Waals surface area (Å²) in [6.45, 7) is 6.30. The molecule has 0 bridgehead atoms. The number of aryl methyl sites for hydroxylation is 1. The Hall–Kier alpha value is -3.29. The molecule has 186 valence electrons. The summed E-state index contributed by atoms with van der Waals surface area (Å²) in [5.41, 5.74) is -1.64. The highest BCUT2D eigenvalue weighted by Crippen LogP contribution is 2.41. The van der Waals surface area contributed by atoms with E-state index in [1.54, 1.807) is 26.0 Å². The largest absolute Gasteiger partial charge is 0.303 e. The van der Waals surface area contributed by atoms with Crippen molar-refractivity contribution in [2.75, 3.05) is 9.80 Å². The first-order valence-electron chi connectivity index (χ1n) is 11.1. The number of nitriles is 1. The van der Waals surface area contributed by atoms with E-state index in [9.17, 15) is 18.8 Å². The van der Waals surface area contributed by atoms with Crippen molar-refractivity contribution in [1.29, 1.82) is 5.26 Å². The molecule has 0 N–H and O–H groups in total. The maximum absolute atomic E-state index is 15.2. The molecule has 2 aromatic carbocycles. The Morgan fingerprint density at radius 3 is 2.47 bits per heavy atom. The van der Waals surface area contributed by atoms with E-state index in [0.29, 0.717) is 12.2 Å². The number of alkyl halides is 2. The first-order chi connectivity index (χ1) is 16.9. The monoisotopic (exact) mass is 531 g/mol. The van der Waals surface area contributed by atoms with Gasteiger partial charge in [0.2, 0.25) is 0 Å². The molecule has 0 atom stereocenters. The molecule has 1 aromatic heterocycles. The fraction of sp³-hybridized carbons (Fsp3) is 0.320. The number of amides is 1. The lowest BCUT2D eigenvalue weighted by Gasteiger charge is -2.29. The summed E-state index contributed by atoms with van der Waals surface area (Å²) in [6.07, 6.45) is -0.0622. The third-order valence-corrected chi connectivity index (χ3v) is 6.85. The van der Waals surface area contributed by atoms with E-state index in [0.717, 1.165) is 11.0 Å². The van der Waals surface area contributed by atoms with Crippen LogP contribution in [-0.4, -0.2) is 26.5 Å². The summed E-state index contributed by atoms with van der Waals surface area (Å²) in [5, 5.41) is 9.59. The number of aromatic nitrogens is 2. The highest BCUT2D eigenvalue weighted by Gasteiger charge is 2.51. The lowest BCUT2D eigenvalue weighted by Crippen LogP contribution is -2.44. The molecule has 1 aliphatic rings. The maximum Gasteiger partial charge on any atom is 0.274 e. The number of fused-ring (bicyclic) bond motifs is 1. The third kappa shape index (κ3) is 3.96. The summed E-state index contributed by atoms with van der Waals surface area (Å²) in [4.78, 5) is 24.5. The quantitative estimate of drug-likeness (QED) is 0.285. The van der Waals surface area contributed by atoms with Gasteiger partial charge >= 0.3 is 0 Å². The Bertz CT molecular complexity index is 1470. The van der Waals surface area contributed by atoms with Crippen LogP contribution < -0.4 is 9.80 Å². The summed E-state index contributed by atoms with van der Waals surface area (Å²) >= 11 is 11.9. The van der Waals surface area contributed by atoms with Gasteiger partial charge in [0.05, 0.1) is 17.3 Å². The predicted octanol–water partition coefficient (Wildman–Crippen LogP) is 6.27. The van der Waals surface area contributed by atoms with Crippen molar-refractivity contribution in [3.63, 3.8) is 0 Å². The van der Waals surface area contributed by atoms with Gasteiger partial charge in [-0.3, -0.25) is 9.69 Å². The van der Waals surface area contributed by atoms with Crippen molar-refractivity contribution in [3.05, 3.63) is 58.3 Å². The lowest BCUT2D eigenvalue weighted by atomic mass is 9.98. The van der Waals surface area contributed by atoms with Crippen molar-refractivity contribution in [2.45, 2.75) is 52.0 Å². The van der Waals surface area contributed by atoms with E-state index in [1.165, 1.54) is 30.0 Å².